The van der Waals surface area contributed by atoms with E-state index in [-0.39, 0.29) is 23.4 Å². The fraction of sp³-hybridized carbons (Fsp3) is 0.455. The lowest BCUT2D eigenvalue weighted by Crippen LogP contribution is -2.26. The zero-order valence-corrected chi connectivity index (χ0v) is 17.8. The van der Waals surface area contributed by atoms with Crippen molar-refractivity contribution in [2.24, 2.45) is 0 Å². The summed E-state index contributed by atoms with van der Waals surface area (Å²) >= 11 is 0. The van der Waals surface area contributed by atoms with E-state index in [0.717, 1.165) is 0 Å². The Labute approximate surface area is 171 Å². The van der Waals surface area contributed by atoms with Gasteiger partial charge in [0.1, 0.15) is 12.3 Å². The second-order valence-corrected chi connectivity index (χ2v) is 10.7. The summed E-state index contributed by atoms with van der Waals surface area (Å²) in [5.74, 6) is -0.153. The van der Waals surface area contributed by atoms with Gasteiger partial charge < -0.3 is 39.7 Å². The van der Waals surface area contributed by atoms with Crippen LogP contribution in [0.2, 0.25) is 0 Å². The molecular formula is C11H17N4O13P3. The second-order valence-electron chi connectivity index (χ2n) is 6.23. The number of phosphoric ester groups is 1. The van der Waals surface area contributed by atoms with Crippen LogP contribution in [0.3, 0.4) is 0 Å². The average Bonchev–Trinajstić information content (AvgIpc) is 3.13. The van der Waals surface area contributed by atoms with Gasteiger partial charge in [0.05, 0.1) is 18.1 Å². The van der Waals surface area contributed by atoms with Crippen LogP contribution < -0.4 is 11.3 Å². The number of ether oxygens (including phenoxy) is 1. The molecule has 0 aliphatic carbocycles. The predicted molar refractivity (Wildman–Crippen MR) is 99.1 cm³/mol. The third kappa shape index (κ3) is 6.08. The lowest BCUT2D eigenvalue weighted by atomic mass is 10.2. The topological polar surface area (TPSA) is 266 Å². The van der Waals surface area contributed by atoms with Crippen LogP contribution >= 0.6 is 23.5 Å². The molecule has 0 bridgehead atoms. The Morgan fingerprint density at radius 3 is 2.55 bits per heavy atom. The number of nitrogen functional groups attached to an aromatic ring is 1. The van der Waals surface area contributed by atoms with E-state index in [2.05, 4.69) is 23.1 Å². The Kier molecular flexibility index (Phi) is 6.62. The Hall–Kier alpha value is -1.45. The van der Waals surface area contributed by atoms with Crippen LogP contribution in [0.15, 0.2) is 17.1 Å². The second kappa shape index (κ2) is 8.48. The highest BCUT2D eigenvalue weighted by atomic mass is 31.3. The summed E-state index contributed by atoms with van der Waals surface area (Å²) in [6, 6.07) is 1.44. The minimum absolute atomic E-state index is 0.0530. The summed E-state index contributed by atoms with van der Waals surface area (Å²) < 4.78 is 52.3. The third-order valence-corrected chi connectivity index (χ3v) is 7.73. The molecule has 174 valence electrons. The van der Waals surface area contributed by atoms with Gasteiger partial charge in [-0.25, -0.2) is 13.7 Å². The summed E-state index contributed by atoms with van der Waals surface area (Å²) in [4.78, 5) is 53.8. The van der Waals surface area contributed by atoms with Crippen LogP contribution in [-0.2, 0) is 31.6 Å². The fourth-order valence-electron chi connectivity index (χ4n) is 2.80. The van der Waals surface area contributed by atoms with E-state index in [1.807, 2.05) is 0 Å². The molecule has 2 aromatic heterocycles. The van der Waals surface area contributed by atoms with E-state index in [1.54, 1.807) is 0 Å². The number of anilines is 1. The molecule has 5 unspecified atom stereocenters. The summed E-state index contributed by atoms with van der Waals surface area (Å²) in [6.07, 6.45) is -1.95. The SMILES string of the molecule is Nc1nc2c(ccn2C2CC(O)C(COP(=O)(O)OP(=O)(O)OP(=O)(O)O)O2)c(=O)[nH]1. The first-order chi connectivity index (χ1) is 14.2. The van der Waals surface area contributed by atoms with Crippen molar-refractivity contribution < 1.29 is 56.3 Å². The van der Waals surface area contributed by atoms with Crippen molar-refractivity contribution in [3.63, 3.8) is 0 Å². The molecule has 31 heavy (non-hydrogen) atoms. The van der Waals surface area contributed by atoms with Crippen LogP contribution in [0.5, 0.6) is 0 Å². The number of aromatic nitrogens is 3. The maximum absolute atomic E-state index is 11.9. The molecule has 0 amide bonds. The quantitative estimate of drug-likeness (QED) is 0.218. The number of nitrogens with two attached hydrogens (primary N) is 1. The first kappa shape index (κ1) is 24.2. The van der Waals surface area contributed by atoms with Crippen LogP contribution in [-0.4, -0.2) is 58.0 Å². The fourth-order valence-corrected chi connectivity index (χ4v) is 5.83. The smallest absolute Gasteiger partial charge is 0.390 e. The van der Waals surface area contributed by atoms with Crippen molar-refractivity contribution in [1.29, 1.82) is 0 Å². The summed E-state index contributed by atoms with van der Waals surface area (Å²) in [7, 11) is -16.5. The molecule has 1 aliphatic rings. The molecule has 0 saturated carbocycles. The number of nitrogens with one attached hydrogen (secondary N) is 1. The van der Waals surface area contributed by atoms with Gasteiger partial charge in [-0.1, -0.05) is 0 Å². The van der Waals surface area contributed by atoms with Crippen LogP contribution in [0.25, 0.3) is 11.0 Å². The number of fused-ring (bicyclic) bond motifs is 1. The molecule has 1 fully saturated rings. The number of aliphatic hydroxyl groups excluding tert-OH is 1. The van der Waals surface area contributed by atoms with Crippen LogP contribution in [0.1, 0.15) is 12.6 Å². The van der Waals surface area contributed by atoms with Crippen molar-refractivity contribution in [3.8, 4) is 0 Å². The third-order valence-electron chi connectivity index (χ3n) is 3.93. The molecule has 5 atom stereocenters. The Morgan fingerprint density at radius 1 is 1.23 bits per heavy atom. The normalized spacial score (nSPS) is 26.0. The lowest BCUT2D eigenvalue weighted by molar-refractivity contribution is -0.0421. The standard InChI is InChI=1S/C11H17N4O13P3/c12-11-13-9-5(10(17)14-11)1-2-15(9)8-3-6(16)7(26-8)4-25-30(21,22)28-31(23,24)27-29(18,19)20/h1-2,6-8,16H,3-4H2,(H,21,22)(H,23,24)(H2,18,19,20)(H3,12,13,14,17). The van der Waals surface area contributed by atoms with Gasteiger partial charge in [-0.15, -0.1) is 0 Å². The number of hydrogen-bond acceptors (Lipinski definition) is 11. The summed E-state index contributed by atoms with van der Waals surface area (Å²) in [6.45, 7) is -0.823. The highest BCUT2D eigenvalue weighted by Gasteiger charge is 2.43. The van der Waals surface area contributed by atoms with Crippen molar-refractivity contribution in [3.05, 3.63) is 22.6 Å². The summed E-state index contributed by atoms with van der Waals surface area (Å²) in [5.41, 5.74) is 5.19. The Morgan fingerprint density at radius 2 is 1.90 bits per heavy atom. The highest BCUT2D eigenvalue weighted by molar-refractivity contribution is 7.66. The molecule has 8 N–H and O–H groups in total. The predicted octanol–water partition coefficient (Wildman–Crippen LogP) is -0.702. The van der Waals surface area contributed by atoms with Crippen LogP contribution in [0, 0.1) is 0 Å². The van der Waals surface area contributed by atoms with Crippen molar-refractivity contribution in [2.45, 2.75) is 24.9 Å². The van der Waals surface area contributed by atoms with Gasteiger partial charge in [0.15, 0.2) is 5.65 Å². The molecule has 17 nitrogen and oxygen atoms in total. The minimum Gasteiger partial charge on any atom is -0.390 e. The first-order valence-corrected chi connectivity index (χ1v) is 12.7. The van der Waals surface area contributed by atoms with E-state index in [0.29, 0.717) is 0 Å². The number of hydrogen-bond donors (Lipinski definition) is 7. The van der Waals surface area contributed by atoms with Gasteiger partial charge in [-0.2, -0.15) is 13.6 Å². The minimum atomic E-state index is -5.66. The highest BCUT2D eigenvalue weighted by Crippen LogP contribution is 2.66. The average molecular weight is 506 g/mol. The van der Waals surface area contributed by atoms with E-state index in [9.17, 15) is 28.5 Å². The molecule has 2 aromatic rings. The molecule has 1 saturated heterocycles. The van der Waals surface area contributed by atoms with Gasteiger partial charge in [0, 0.05) is 12.6 Å². The van der Waals surface area contributed by atoms with Crippen LogP contribution in [0.4, 0.5) is 5.95 Å². The van der Waals surface area contributed by atoms with Gasteiger partial charge in [-0.05, 0) is 6.07 Å². The molecule has 3 rings (SSSR count). The molecule has 0 aromatic carbocycles. The number of H-pyrrole nitrogens is 1. The number of nitrogens with zero attached hydrogens (tertiary/aromatic N) is 2. The van der Waals surface area contributed by atoms with Crippen molar-refractivity contribution in [2.75, 3.05) is 12.3 Å². The number of phosphoric acid groups is 3. The maximum atomic E-state index is 11.9. The van der Waals surface area contributed by atoms with Gasteiger partial charge in [0.25, 0.3) is 5.56 Å². The molecule has 20 heteroatoms. The van der Waals surface area contributed by atoms with Gasteiger partial charge >= 0.3 is 23.5 Å². The molecule has 0 spiro atoms. The molecular weight excluding hydrogens is 489 g/mol. The largest absolute Gasteiger partial charge is 0.490 e. The molecule has 3 heterocycles. The van der Waals surface area contributed by atoms with E-state index in [1.165, 1.54) is 16.8 Å². The molecule has 0 radical (unpaired) electrons. The van der Waals surface area contributed by atoms with E-state index >= 15 is 0 Å². The lowest BCUT2D eigenvalue weighted by Gasteiger charge is -2.19. The number of aromatic amines is 1. The van der Waals surface area contributed by atoms with Crippen molar-refractivity contribution >= 4 is 40.4 Å². The number of rotatable bonds is 8. The monoisotopic (exact) mass is 506 g/mol. The molecule has 1 aliphatic heterocycles. The van der Waals surface area contributed by atoms with Gasteiger partial charge in [0.2, 0.25) is 5.95 Å². The van der Waals surface area contributed by atoms with E-state index in [4.69, 9.17) is 25.2 Å². The zero-order valence-electron chi connectivity index (χ0n) is 15.1. The van der Waals surface area contributed by atoms with E-state index < -0.39 is 54.1 Å². The van der Waals surface area contributed by atoms with Crippen molar-refractivity contribution in [1.82, 2.24) is 14.5 Å². The number of aliphatic hydroxyl groups is 1. The van der Waals surface area contributed by atoms with Gasteiger partial charge in [-0.3, -0.25) is 14.3 Å². The first-order valence-electron chi connectivity index (χ1n) is 8.14. The maximum Gasteiger partial charge on any atom is 0.490 e. The summed E-state index contributed by atoms with van der Waals surface area (Å²) in [5, 5.41) is 10.3. The zero-order chi connectivity index (χ0) is 23.2. The Bertz CT molecular complexity index is 1170. The Balaban J connectivity index is 1.67.